The van der Waals surface area contributed by atoms with Crippen LogP contribution >= 0.6 is 10.7 Å². The molecule has 0 aromatic rings. The van der Waals surface area contributed by atoms with Gasteiger partial charge in [0.15, 0.2) is 0 Å². The quantitative estimate of drug-likeness (QED) is 0.608. The van der Waals surface area contributed by atoms with Crippen molar-refractivity contribution in [2.75, 3.05) is 12.9 Å². The molecule has 0 aliphatic heterocycles. The number of ether oxygens (including phenoxy) is 1. The van der Waals surface area contributed by atoms with E-state index < -0.39 is 14.7 Å². The molecule has 1 aliphatic carbocycles. The number of hydrogen-bond donors (Lipinski definition) is 0. The highest BCUT2D eigenvalue weighted by atomic mass is 35.7. The number of rotatable bonds is 3. The number of hydrogen-bond acceptors (Lipinski definition) is 3. The van der Waals surface area contributed by atoms with Crippen molar-refractivity contribution in [2.24, 2.45) is 0 Å². The highest BCUT2D eigenvalue weighted by Crippen LogP contribution is 2.40. The molecule has 5 heteroatoms. The topological polar surface area (TPSA) is 43.4 Å². The zero-order valence-corrected chi connectivity index (χ0v) is 7.20. The maximum absolute atomic E-state index is 10.5. The number of methoxy groups -OCH3 is 1. The normalized spacial score (nSPS) is 22.6. The monoisotopic (exact) mass is 184 g/mol. The summed E-state index contributed by atoms with van der Waals surface area (Å²) >= 11 is 0. The molecule has 1 aliphatic rings. The summed E-state index contributed by atoms with van der Waals surface area (Å²) in [5.74, 6) is -0.0575. The predicted molar refractivity (Wildman–Crippen MR) is 38.6 cm³/mol. The Labute approximate surface area is 64.7 Å². The van der Waals surface area contributed by atoms with Crippen molar-refractivity contribution in [3.05, 3.63) is 0 Å². The fraction of sp³-hybridized carbons (Fsp3) is 1.00. The van der Waals surface area contributed by atoms with Crippen molar-refractivity contribution < 1.29 is 13.2 Å². The maximum Gasteiger partial charge on any atom is 0.235 e. The van der Waals surface area contributed by atoms with E-state index in [2.05, 4.69) is 0 Å². The molecule has 0 radical (unpaired) electrons. The summed E-state index contributed by atoms with van der Waals surface area (Å²) in [6.07, 6.45) is 1.60. The summed E-state index contributed by atoms with van der Waals surface area (Å²) in [5, 5.41) is 0. The molecule has 0 N–H and O–H groups in total. The van der Waals surface area contributed by atoms with E-state index in [9.17, 15) is 8.42 Å². The van der Waals surface area contributed by atoms with Gasteiger partial charge in [0.05, 0.1) is 11.4 Å². The van der Waals surface area contributed by atoms with Gasteiger partial charge in [-0.25, -0.2) is 8.42 Å². The van der Waals surface area contributed by atoms with Gasteiger partial charge in [-0.3, -0.25) is 0 Å². The fourth-order valence-corrected chi connectivity index (χ4v) is 2.49. The summed E-state index contributed by atoms with van der Waals surface area (Å²) in [6.45, 7) is 0. The molecule has 0 unspecified atom stereocenters. The Morgan fingerprint density at radius 1 is 1.60 bits per heavy atom. The second-order valence-electron chi connectivity index (χ2n) is 2.57. The Morgan fingerprint density at radius 3 is 2.20 bits per heavy atom. The Kier molecular flexibility index (Phi) is 1.96. The largest absolute Gasteiger partial charge is 0.377 e. The zero-order valence-electron chi connectivity index (χ0n) is 5.63. The minimum atomic E-state index is -3.38. The Hall–Kier alpha value is 0.200. The van der Waals surface area contributed by atoms with Gasteiger partial charge in [0.25, 0.3) is 0 Å². The molecule has 0 bridgehead atoms. The van der Waals surface area contributed by atoms with E-state index in [4.69, 9.17) is 15.4 Å². The molecule has 1 saturated carbocycles. The van der Waals surface area contributed by atoms with Crippen LogP contribution < -0.4 is 0 Å². The fourth-order valence-electron chi connectivity index (χ4n) is 0.861. The van der Waals surface area contributed by atoms with Crippen LogP contribution in [0.2, 0.25) is 0 Å². The molecule has 0 aromatic heterocycles. The molecule has 3 nitrogen and oxygen atoms in total. The van der Waals surface area contributed by atoms with Crippen LogP contribution in [0.25, 0.3) is 0 Å². The first kappa shape index (κ1) is 8.30. The third-order valence-corrected chi connectivity index (χ3v) is 2.87. The second-order valence-corrected chi connectivity index (χ2v) is 5.35. The lowest BCUT2D eigenvalue weighted by atomic mass is 10.4. The van der Waals surface area contributed by atoms with Gasteiger partial charge in [-0.15, -0.1) is 0 Å². The van der Waals surface area contributed by atoms with Gasteiger partial charge in [0.2, 0.25) is 9.05 Å². The molecule has 60 valence electrons. The van der Waals surface area contributed by atoms with Gasteiger partial charge in [0.1, 0.15) is 0 Å². The molecule has 0 spiro atoms. The van der Waals surface area contributed by atoms with Crippen molar-refractivity contribution in [3.8, 4) is 0 Å². The van der Waals surface area contributed by atoms with Gasteiger partial charge >= 0.3 is 0 Å². The summed E-state index contributed by atoms with van der Waals surface area (Å²) in [7, 11) is 3.15. The lowest BCUT2D eigenvalue weighted by Crippen LogP contribution is -2.21. The zero-order chi connectivity index (χ0) is 7.83. The van der Waals surface area contributed by atoms with Gasteiger partial charge in [-0.05, 0) is 12.8 Å². The van der Waals surface area contributed by atoms with E-state index in [1.807, 2.05) is 0 Å². The van der Waals surface area contributed by atoms with Crippen LogP contribution in [-0.4, -0.2) is 26.9 Å². The average Bonchev–Trinajstić information content (AvgIpc) is 2.45. The van der Waals surface area contributed by atoms with E-state index in [1.54, 1.807) is 0 Å². The van der Waals surface area contributed by atoms with Crippen molar-refractivity contribution in [1.82, 2.24) is 0 Å². The number of halogens is 1. The molecule has 10 heavy (non-hydrogen) atoms. The van der Waals surface area contributed by atoms with Crippen LogP contribution in [0.1, 0.15) is 12.8 Å². The van der Waals surface area contributed by atoms with E-state index in [-0.39, 0.29) is 5.75 Å². The van der Waals surface area contributed by atoms with Gasteiger partial charge in [-0.2, -0.15) is 0 Å². The van der Waals surface area contributed by atoms with E-state index in [0.717, 1.165) is 12.8 Å². The summed E-state index contributed by atoms with van der Waals surface area (Å²) in [5.41, 5.74) is -0.444. The first-order valence-corrected chi connectivity index (χ1v) is 5.43. The van der Waals surface area contributed by atoms with Gasteiger partial charge < -0.3 is 4.74 Å². The Bertz CT molecular complexity index is 217. The lowest BCUT2D eigenvalue weighted by Gasteiger charge is -2.08. The first-order valence-electron chi connectivity index (χ1n) is 2.95. The average molecular weight is 185 g/mol. The maximum atomic E-state index is 10.5. The van der Waals surface area contributed by atoms with Gasteiger partial charge in [0, 0.05) is 17.8 Å². The highest BCUT2D eigenvalue weighted by molar-refractivity contribution is 8.13. The summed E-state index contributed by atoms with van der Waals surface area (Å²) in [6, 6.07) is 0. The molecule has 0 heterocycles. The smallest absolute Gasteiger partial charge is 0.235 e. The lowest BCUT2D eigenvalue weighted by molar-refractivity contribution is 0.0997. The first-order chi connectivity index (χ1) is 4.47. The molecule has 0 aromatic carbocycles. The third-order valence-electron chi connectivity index (χ3n) is 1.68. The molecular formula is C5H9ClO3S. The summed E-state index contributed by atoms with van der Waals surface area (Å²) < 4.78 is 26.0. The molecule has 1 rings (SSSR count). The molecule has 0 atom stereocenters. The van der Waals surface area contributed by atoms with Crippen LogP contribution in [-0.2, 0) is 13.8 Å². The van der Waals surface area contributed by atoms with Crippen LogP contribution in [0.3, 0.4) is 0 Å². The molecule has 0 amide bonds. The minimum Gasteiger partial charge on any atom is -0.377 e. The molecule has 0 saturated heterocycles. The molecule has 1 fully saturated rings. The summed E-state index contributed by atoms with van der Waals surface area (Å²) in [4.78, 5) is 0. The van der Waals surface area contributed by atoms with Crippen LogP contribution in [0.4, 0.5) is 0 Å². The SMILES string of the molecule is COC1(CS(=O)(=O)Cl)CC1. The van der Waals surface area contributed by atoms with E-state index >= 15 is 0 Å². The second kappa shape index (κ2) is 2.36. The van der Waals surface area contributed by atoms with Gasteiger partial charge in [-0.1, -0.05) is 0 Å². The van der Waals surface area contributed by atoms with Crippen LogP contribution in [0.15, 0.2) is 0 Å². The Balaban J connectivity index is 2.54. The van der Waals surface area contributed by atoms with E-state index in [0.29, 0.717) is 0 Å². The van der Waals surface area contributed by atoms with Crippen molar-refractivity contribution >= 4 is 19.7 Å². The Morgan fingerprint density at radius 2 is 2.10 bits per heavy atom. The van der Waals surface area contributed by atoms with Crippen LogP contribution in [0, 0.1) is 0 Å². The van der Waals surface area contributed by atoms with Crippen molar-refractivity contribution in [2.45, 2.75) is 18.4 Å². The standard InChI is InChI=1S/C5H9ClO3S/c1-9-5(2-3-5)4-10(6,7)8/h2-4H2,1H3. The highest BCUT2D eigenvalue weighted by Gasteiger charge is 2.46. The van der Waals surface area contributed by atoms with E-state index in [1.165, 1.54) is 7.11 Å². The predicted octanol–water partition coefficient (Wildman–Crippen LogP) is 0.734. The minimum absolute atomic E-state index is 0.0575. The van der Waals surface area contributed by atoms with Crippen molar-refractivity contribution in [1.29, 1.82) is 0 Å². The van der Waals surface area contributed by atoms with Crippen molar-refractivity contribution in [3.63, 3.8) is 0 Å². The third kappa shape index (κ3) is 2.11. The molecular weight excluding hydrogens is 176 g/mol. The van der Waals surface area contributed by atoms with Crippen LogP contribution in [0.5, 0.6) is 0 Å².